The molecule has 0 radical (unpaired) electrons. The molecule has 1 aliphatic heterocycles. The molecular formula is C15H23N5O. The number of hydrogen-bond acceptors (Lipinski definition) is 5. The molecule has 114 valence electrons. The number of piperidine rings is 1. The molecule has 1 aromatic rings. The number of aromatic nitrogens is 2. The molecule has 1 unspecified atom stereocenters. The van der Waals surface area contributed by atoms with E-state index in [9.17, 15) is 4.79 Å². The lowest BCUT2D eigenvalue weighted by atomic mass is 9.70. The molecule has 1 atom stereocenters. The molecule has 1 aliphatic carbocycles. The first-order chi connectivity index (χ1) is 10.1. The molecule has 21 heavy (non-hydrogen) atoms. The Kier molecular flexibility index (Phi) is 3.80. The van der Waals surface area contributed by atoms with E-state index >= 15 is 0 Å². The first kappa shape index (κ1) is 14.3. The maximum Gasteiger partial charge on any atom is 0.273 e. The van der Waals surface area contributed by atoms with Crippen molar-refractivity contribution in [2.24, 2.45) is 0 Å². The summed E-state index contributed by atoms with van der Waals surface area (Å²) in [6, 6.07) is 4.02. The highest BCUT2D eigenvalue weighted by Gasteiger charge is 2.40. The van der Waals surface area contributed by atoms with Gasteiger partial charge >= 0.3 is 0 Å². The number of rotatable bonds is 3. The second kappa shape index (κ2) is 5.60. The van der Waals surface area contributed by atoms with E-state index < -0.39 is 0 Å². The minimum atomic E-state index is -0.121. The van der Waals surface area contributed by atoms with Crippen molar-refractivity contribution in [2.45, 2.75) is 43.7 Å². The Labute approximate surface area is 125 Å². The molecule has 2 fully saturated rings. The van der Waals surface area contributed by atoms with Gasteiger partial charge in [-0.1, -0.05) is 0 Å². The first-order valence-corrected chi connectivity index (χ1v) is 7.65. The van der Waals surface area contributed by atoms with Crippen LogP contribution >= 0.6 is 0 Å². The number of nitrogens with one attached hydrogen (secondary N) is 2. The highest BCUT2D eigenvalue weighted by atomic mass is 16.2. The van der Waals surface area contributed by atoms with Crippen molar-refractivity contribution in [3.05, 3.63) is 17.8 Å². The Morgan fingerprint density at radius 3 is 2.76 bits per heavy atom. The summed E-state index contributed by atoms with van der Waals surface area (Å²) in [5.74, 6) is 0.635. The Balaban J connectivity index is 1.61. The molecule has 6 nitrogen and oxygen atoms in total. The average molecular weight is 289 g/mol. The van der Waals surface area contributed by atoms with Gasteiger partial charge in [-0.3, -0.25) is 4.79 Å². The van der Waals surface area contributed by atoms with Gasteiger partial charge in [-0.2, -0.15) is 0 Å². The summed E-state index contributed by atoms with van der Waals surface area (Å²) in [4.78, 5) is 13.3. The molecule has 1 aromatic heterocycles. The van der Waals surface area contributed by atoms with Gasteiger partial charge in [0, 0.05) is 25.7 Å². The SMILES string of the molecule is CN(C)C(=O)c1ccc(NC2CCNC3(CCC3)C2)nn1. The fourth-order valence-corrected chi connectivity index (χ4v) is 3.23. The summed E-state index contributed by atoms with van der Waals surface area (Å²) in [6.07, 6.45) is 6.15. The molecule has 0 aromatic carbocycles. The van der Waals surface area contributed by atoms with E-state index in [1.165, 1.54) is 24.2 Å². The predicted molar refractivity (Wildman–Crippen MR) is 81.3 cm³/mol. The van der Waals surface area contributed by atoms with Gasteiger partial charge < -0.3 is 15.5 Å². The van der Waals surface area contributed by atoms with Gasteiger partial charge in [0.05, 0.1) is 0 Å². The zero-order valence-electron chi connectivity index (χ0n) is 12.7. The normalized spacial score (nSPS) is 23.4. The highest BCUT2D eigenvalue weighted by molar-refractivity contribution is 5.91. The Bertz CT molecular complexity index is 509. The number of amides is 1. The van der Waals surface area contributed by atoms with Gasteiger partial charge in [0.2, 0.25) is 0 Å². The predicted octanol–water partition coefficient (Wildman–Crippen LogP) is 1.26. The van der Waals surface area contributed by atoms with Crippen LogP contribution in [0.1, 0.15) is 42.6 Å². The van der Waals surface area contributed by atoms with Gasteiger partial charge in [-0.15, -0.1) is 10.2 Å². The van der Waals surface area contributed by atoms with Crippen LogP contribution in [0.5, 0.6) is 0 Å². The van der Waals surface area contributed by atoms with Crippen molar-refractivity contribution >= 4 is 11.7 Å². The first-order valence-electron chi connectivity index (χ1n) is 7.65. The van der Waals surface area contributed by atoms with Crippen LogP contribution in [0.3, 0.4) is 0 Å². The second-order valence-corrected chi connectivity index (χ2v) is 6.40. The van der Waals surface area contributed by atoms with Crippen molar-refractivity contribution < 1.29 is 4.79 Å². The number of anilines is 1. The van der Waals surface area contributed by atoms with Gasteiger partial charge in [-0.25, -0.2) is 0 Å². The van der Waals surface area contributed by atoms with Gasteiger partial charge in [0.25, 0.3) is 5.91 Å². The zero-order valence-corrected chi connectivity index (χ0v) is 12.7. The van der Waals surface area contributed by atoms with Crippen LogP contribution in [0.25, 0.3) is 0 Å². The van der Waals surface area contributed by atoms with Crippen LogP contribution in [0, 0.1) is 0 Å². The monoisotopic (exact) mass is 289 g/mol. The van der Waals surface area contributed by atoms with Crippen molar-refractivity contribution in [3.63, 3.8) is 0 Å². The maximum absolute atomic E-state index is 11.8. The van der Waals surface area contributed by atoms with E-state index in [1.54, 1.807) is 20.2 Å². The molecular weight excluding hydrogens is 266 g/mol. The van der Waals surface area contributed by atoms with Crippen LogP contribution in [-0.4, -0.2) is 53.2 Å². The van der Waals surface area contributed by atoms with Gasteiger partial charge in [0.1, 0.15) is 5.82 Å². The summed E-state index contributed by atoms with van der Waals surface area (Å²) in [6.45, 7) is 1.06. The van der Waals surface area contributed by atoms with Crippen molar-refractivity contribution in [2.75, 3.05) is 26.0 Å². The summed E-state index contributed by atoms with van der Waals surface area (Å²) < 4.78 is 0. The van der Waals surface area contributed by atoms with E-state index in [-0.39, 0.29) is 5.91 Å². The lowest BCUT2D eigenvalue weighted by molar-refractivity contribution is 0.0821. The number of carbonyl (C=O) groups is 1. The standard InChI is InChI=1S/C15H23N5O/c1-20(2)14(21)12-4-5-13(19-18-12)17-11-6-9-16-15(10-11)7-3-8-15/h4-5,11,16H,3,6-10H2,1-2H3,(H,17,19). The molecule has 0 bridgehead atoms. The fraction of sp³-hybridized carbons (Fsp3) is 0.667. The lowest BCUT2D eigenvalue weighted by Crippen LogP contribution is -2.58. The maximum atomic E-state index is 11.8. The third-order valence-corrected chi connectivity index (χ3v) is 4.58. The Morgan fingerprint density at radius 2 is 2.19 bits per heavy atom. The average Bonchev–Trinajstić information content (AvgIpc) is 2.46. The number of hydrogen-bond donors (Lipinski definition) is 2. The molecule has 6 heteroatoms. The minimum Gasteiger partial charge on any atom is -0.366 e. The molecule has 1 saturated carbocycles. The quantitative estimate of drug-likeness (QED) is 0.877. The second-order valence-electron chi connectivity index (χ2n) is 6.40. The van der Waals surface area contributed by atoms with E-state index in [0.29, 0.717) is 17.3 Å². The third-order valence-electron chi connectivity index (χ3n) is 4.58. The molecule has 2 N–H and O–H groups in total. The van der Waals surface area contributed by atoms with Crippen molar-refractivity contribution in [3.8, 4) is 0 Å². The fourth-order valence-electron chi connectivity index (χ4n) is 3.23. The smallest absolute Gasteiger partial charge is 0.273 e. The number of nitrogens with zero attached hydrogens (tertiary/aromatic N) is 3. The van der Waals surface area contributed by atoms with Gasteiger partial charge in [-0.05, 0) is 50.8 Å². The topological polar surface area (TPSA) is 70.2 Å². The summed E-state index contributed by atoms with van der Waals surface area (Å²) in [7, 11) is 3.42. The minimum absolute atomic E-state index is 0.121. The van der Waals surface area contributed by atoms with E-state index in [0.717, 1.165) is 25.2 Å². The molecule has 2 heterocycles. The number of carbonyl (C=O) groups excluding carboxylic acids is 1. The van der Waals surface area contributed by atoms with Crippen LogP contribution in [0.2, 0.25) is 0 Å². The Morgan fingerprint density at radius 1 is 1.38 bits per heavy atom. The lowest BCUT2D eigenvalue weighted by Gasteiger charge is -2.48. The van der Waals surface area contributed by atoms with Crippen LogP contribution in [0.4, 0.5) is 5.82 Å². The summed E-state index contributed by atoms with van der Waals surface area (Å²) in [5, 5.41) is 15.3. The molecule has 3 rings (SSSR count). The summed E-state index contributed by atoms with van der Waals surface area (Å²) in [5.41, 5.74) is 0.746. The largest absolute Gasteiger partial charge is 0.366 e. The molecule has 1 amide bonds. The van der Waals surface area contributed by atoms with Gasteiger partial charge in [0.15, 0.2) is 5.69 Å². The van der Waals surface area contributed by atoms with E-state index in [1.807, 2.05) is 6.07 Å². The van der Waals surface area contributed by atoms with Crippen molar-refractivity contribution in [1.29, 1.82) is 0 Å². The van der Waals surface area contributed by atoms with Crippen molar-refractivity contribution in [1.82, 2.24) is 20.4 Å². The zero-order chi connectivity index (χ0) is 14.9. The van der Waals surface area contributed by atoms with Crippen LogP contribution in [-0.2, 0) is 0 Å². The highest BCUT2D eigenvalue weighted by Crippen LogP contribution is 2.38. The molecule has 2 aliphatic rings. The van der Waals surface area contributed by atoms with Crippen LogP contribution < -0.4 is 10.6 Å². The van der Waals surface area contributed by atoms with E-state index in [4.69, 9.17) is 0 Å². The molecule has 1 spiro atoms. The Hall–Kier alpha value is -1.69. The third kappa shape index (κ3) is 3.00. The molecule has 1 saturated heterocycles. The van der Waals surface area contributed by atoms with E-state index in [2.05, 4.69) is 20.8 Å². The summed E-state index contributed by atoms with van der Waals surface area (Å²) >= 11 is 0. The van der Waals surface area contributed by atoms with Crippen LogP contribution in [0.15, 0.2) is 12.1 Å².